The molecule has 0 saturated heterocycles. The molecule has 0 fully saturated rings. The predicted octanol–water partition coefficient (Wildman–Crippen LogP) is 2.34. The maximum Gasteiger partial charge on any atom is 0.118 e. The van der Waals surface area contributed by atoms with E-state index in [0.29, 0.717) is 24.1 Å². The number of aromatic hydroxyl groups is 1. The van der Waals surface area contributed by atoms with E-state index in [4.69, 9.17) is 5.73 Å². The van der Waals surface area contributed by atoms with E-state index in [-0.39, 0.29) is 0 Å². The molecule has 0 aliphatic heterocycles. The van der Waals surface area contributed by atoms with E-state index in [1.54, 1.807) is 6.07 Å². The maximum absolute atomic E-state index is 9.41. The number of hydrogen-bond donors (Lipinski definition) is 3. The van der Waals surface area contributed by atoms with Gasteiger partial charge in [-0.25, -0.2) is 0 Å². The first-order valence-electron chi connectivity index (χ1n) is 5.78. The summed E-state index contributed by atoms with van der Waals surface area (Å²) in [5.74, 6) is 1.40. The van der Waals surface area contributed by atoms with Gasteiger partial charge in [0.15, 0.2) is 0 Å². The zero-order valence-electron chi connectivity index (χ0n) is 10.3. The third kappa shape index (κ3) is 3.42. The van der Waals surface area contributed by atoms with Crippen LogP contribution in [0.2, 0.25) is 0 Å². The van der Waals surface area contributed by atoms with Crippen LogP contribution < -0.4 is 11.1 Å². The summed E-state index contributed by atoms with van der Waals surface area (Å²) in [6, 6.07) is 5.55. The smallest absolute Gasteiger partial charge is 0.118 e. The van der Waals surface area contributed by atoms with Crippen LogP contribution in [0.3, 0.4) is 0 Å². The summed E-state index contributed by atoms with van der Waals surface area (Å²) in [5.41, 5.74) is 7.64. The Morgan fingerprint density at radius 1 is 1.38 bits per heavy atom. The predicted molar refractivity (Wildman–Crippen MR) is 68.7 cm³/mol. The van der Waals surface area contributed by atoms with Crippen molar-refractivity contribution in [2.75, 3.05) is 18.4 Å². The number of nitrogens with one attached hydrogen (secondary N) is 1. The summed E-state index contributed by atoms with van der Waals surface area (Å²) in [4.78, 5) is 0. The molecule has 0 spiro atoms. The standard InChI is InChI=1S/C13H22N2O/c1-9(2)11(7-14)8-15-12-4-5-13(16)10(3)6-12/h4-6,9,11,15-16H,7-8,14H2,1-3H3. The first-order valence-corrected chi connectivity index (χ1v) is 5.78. The first-order chi connectivity index (χ1) is 7.54. The van der Waals surface area contributed by atoms with Gasteiger partial charge in [0.05, 0.1) is 0 Å². The lowest BCUT2D eigenvalue weighted by molar-refractivity contribution is 0.413. The van der Waals surface area contributed by atoms with E-state index in [0.717, 1.165) is 17.8 Å². The van der Waals surface area contributed by atoms with Crippen molar-refractivity contribution in [3.8, 4) is 5.75 Å². The zero-order valence-corrected chi connectivity index (χ0v) is 10.3. The number of aryl methyl sites for hydroxylation is 1. The van der Waals surface area contributed by atoms with E-state index in [9.17, 15) is 5.11 Å². The van der Waals surface area contributed by atoms with Crippen molar-refractivity contribution in [2.24, 2.45) is 17.6 Å². The summed E-state index contributed by atoms with van der Waals surface area (Å²) in [5, 5.41) is 12.8. The summed E-state index contributed by atoms with van der Waals surface area (Å²) < 4.78 is 0. The van der Waals surface area contributed by atoms with Crippen LogP contribution in [0.1, 0.15) is 19.4 Å². The second kappa shape index (κ2) is 5.75. The van der Waals surface area contributed by atoms with Crippen molar-refractivity contribution in [1.82, 2.24) is 0 Å². The summed E-state index contributed by atoms with van der Waals surface area (Å²) in [7, 11) is 0. The van der Waals surface area contributed by atoms with Crippen LogP contribution in [0, 0.1) is 18.8 Å². The lowest BCUT2D eigenvalue weighted by Crippen LogP contribution is -2.27. The van der Waals surface area contributed by atoms with Crippen LogP contribution in [0.25, 0.3) is 0 Å². The van der Waals surface area contributed by atoms with Crippen molar-refractivity contribution in [3.05, 3.63) is 23.8 Å². The normalized spacial score (nSPS) is 12.8. The highest BCUT2D eigenvalue weighted by Crippen LogP contribution is 2.20. The van der Waals surface area contributed by atoms with Crippen molar-refractivity contribution < 1.29 is 5.11 Å². The Kier molecular flexibility index (Phi) is 4.62. The number of phenolic OH excluding ortho intramolecular Hbond substituents is 1. The Morgan fingerprint density at radius 2 is 2.06 bits per heavy atom. The molecule has 4 N–H and O–H groups in total. The first kappa shape index (κ1) is 12.8. The summed E-state index contributed by atoms with van der Waals surface area (Å²) in [6.45, 7) is 7.83. The van der Waals surface area contributed by atoms with Crippen LogP contribution in [-0.4, -0.2) is 18.2 Å². The minimum atomic E-state index is 0.338. The molecule has 3 heteroatoms. The molecule has 16 heavy (non-hydrogen) atoms. The fourth-order valence-corrected chi connectivity index (χ4v) is 1.61. The van der Waals surface area contributed by atoms with Crippen molar-refractivity contribution in [2.45, 2.75) is 20.8 Å². The van der Waals surface area contributed by atoms with E-state index in [1.807, 2.05) is 19.1 Å². The highest BCUT2D eigenvalue weighted by atomic mass is 16.3. The van der Waals surface area contributed by atoms with Gasteiger partial charge in [0.2, 0.25) is 0 Å². The fraction of sp³-hybridized carbons (Fsp3) is 0.538. The molecule has 1 unspecified atom stereocenters. The van der Waals surface area contributed by atoms with Gasteiger partial charge in [-0.3, -0.25) is 0 Å². The second-order valence-electron chi connectivity index (χ2n) is 4.62. The number of phenols is 1. The molecule has 0 amide bonds. The average Bonchev–Trinajstić information content (AvgIpc) is 2.23. The van der Waals surface area contributed by atoms with Crippen LogP contribution in [0.4, 0.5) is 5.69 Å². The van der Waals surface area contributed by atoms with Gasteiger partial charge in [0, 0.05) is 12.2 Å². The van der Waals surface area contributed by atoms with Crippen LogP contribution >= 0.6 is 0 Å². The highest BCUT2D eigenvalue weighted by molar-refractivity contribution is 5.50. The van der Waals surface area contributed by atoms with Gasteiger partial charge in [-0.1, -0.05) is 13.8 Å². The summed E-state index contributed by atoms with van der Waals surface area (Å²) >= 11 is 0. The van der Waals surface area contributed by atoms with Gasteiger partial charge in [-0.2, -0.15) is 0 Å². The molecule has 0 saturated carbocycles. The minimum Gasteiger partial charge on any atom is -0.508 e. The monoisotopic (exact) mass is 222 g/mol. The van der Waals surface area contributed by atoms with E-state index in [2.05, 4.69) is 19.2 Å². The lowest BCUT2D eigenvalue weighted by Gasteiger charge is -2.20. The van der Waals surface area contributed by atoms with Crippen molar-refractivity contribution >= 4 is 5.69 Å². The van der Waals surface area contributed by atoms with Crippen LogP contribution in [0.5, 0.6) is 5.75 Å². The van der Waals surface area contributed by atoms with Crippen molar-refractivity contribution in [3.63, 3.8) is 0 Å². The molecule has 1 aromatic carbocycles. The molecular weight excluding hydrogens is 200 g/mol. The van der Waals surface area contributed by atoms with E-state index < -0.39 is 0 Å². The third-order valence-corrected chi connectivity index (χ3v) is 3.01. The Bertz CT molecular complexity index is 337. The molecule has 1 atom stereocenters. The van der Waals surface area contributed by atoms with Crippen LogP contribution in [-0.2, 0) is 0 Å². The maximum atomic E-state index is 9.41. The van der Waals surface area contributed by atoms with Gasteiger partial charge >= 0.3 is 0 Å². The molecule has 3 nitrogen and oxygen atoms in total. The second-order valence-corrected chi connectivity index (χ2v) is 4.62. The van der Waals surface area contributed by atoms with Crippen molar-refractivity contribution in [1.29, 1.82) is 0 Å². The molecule has 0 bridgehead atoms. The molecular formula is C13H22N2O. The number of nitrogens with two attached hydrogens (primary N) is 1. The van der Waals surface area contributed by atoms with E-state index >= 15 is 0 Å². The van der Waals surface area contributed by atoms with E-state index in [1.165, 1.54) is 0 Å². The van der Waals surface area contributed by atoms with Gasteiger partial charge in [0.1, 0.15) is 5.75 Å². The Balaban J connectivity index is 2.57. The minimum absolute atomic E-state index is 0.338. The molecule has 90 valence electrons. The van der Waals surface area contributed by atoms with Gasteiger partial charge in [-0.05, 0) is 49.1 Å². The molecule has 0 aliphatic carbocycles. The molecule has 0 aliphatic rings. The number of benzene rings is 1. The number of hydrogen-bond acceptors (Lipinski definition) is 3. The summed E-state index contributed by atoms with van der Waals surface area (Å²) in [6.07, 6.45) is 0. The Hall–Kier alpha value is -1.22. The topological polar surface area (TPSA) is 58.3 Å². The van der Waals surface area contributed by atoms with Gasteiger partial charge in [-0.15, -0.1) is 0 Å². The largest absolute Gasteiger partial charge is 0.508 e. The van der Waals surface area contributed by atoms with Gasteiger partial charge in [0.25, 0.3) is 0 Å². The Morgan fingerprint density at radius 3 is 2.56 bits per heavy atom. The number of rotatable bonds is 5. The average molecular weight is 222 g/mol. The number of anilines is 1. The Labute approximate surface area is 97.7 Å². The fourth-order valence-electron chi connectivity index (χ4n) is 1.61. The van der Waals surface area contributed by atoms with Gasteiger partial charge < -0.3 is 16.2 Å². The molecule has 0 aromatic heterocycles. The SMILES string of the molecule is Cc1cc(NCC(CN)C(C)C)ccc1O. The molecule has 0 heterocycles. The highest BCUT2D eigenvalue weighted by Gasteiger charge is 2.10. The molecule has 0 radical (unpaired) electrons. The molecule has 1 rings (SSSR count). The lowest BCUT2D eigenvalue weighted by atomic mass is 9.96. The quantitative estimate of drug-likeness (QED) is 0.670. The zero-order chi connectivity index (χ0) is 12.1. The third-order valence-electron chi connectivity index (χ3n) is 3.01. The molecule has 1 aromatic rings. The van der Waals surface area contributed by atoms with Crippen LogP contribution in [0.15, 0.2) is 18.2 Å².